The summed E-state index contributed by atoms with van der Waals surface area (Å²) < 4.78 is 11.7. The summed E-state index contributed by atoms with van der Waals surface area (Å²) in [5.41, 5.74) is 5.40. The maximum atomic E-state index is 6.26. The van der Waals surface area contributed by atoms with Gasteiger partial charge in [0.25, 0.3) is 0 Å². The molecule has 0 bridgehead atoms. The summed E-state index contributed by atoms with van der Waals surface area (Å²) in [6, 6.07) is 17.6. The van der Waals surface area contributed by atoms with Crippen LogP contribution in [0, 0.1) is 0 Å². The van der Waals surface area contributed by atoms with E-state index in [1.165, 1.54) is 22.3 Å². The highest BCUT2D eigenvalue weighted by Gasteiger charge is 2.42. The SMILES string of the molecule is CCOCc1ccc(CN2CCC3(CC2)OCc2ccccc23)cc1. The van der Waals surface area contributed by atoms with Crippen LogP contribution in [-0.2, 0) is 34.8 Å². The molecule has 2 heterocycles. The Morgan fingerprint density at radius 1 is 1.00 bits per heavy atom. The van der Waals surface area contributed by atoms with E-state index in [1.807, 2.05) is 6.92 Å². The number of hydrogen-bond acceptors (Lipinski definition) is 3. The van der Waals surface area contributed by atoms with Crippen LogP contribution in [0.25, 0.3) is 0 Å². The Labute approximate surface area is 150 Å². The van der Waals surface area contributed by atoms with Crippen LogP contribution in [-0.4, -0.2) is 24.6 Å². The Kier molecular flexibility index (Phi) is 4.89. The van der Waals surface area contributed by atoms with E-state index >= 15 is 0 Å². The van der Waals surface area contributed by atoms with Crippen molar-refractivity contribution in [3.8, 4) is 0 Å². The van der Waals surface area contributed by atoms with E-state index in [-0.39, 0.29) is 5.60 Å². The summed E-state index contributed by atoms with van der Waals surface area (Å²) in [4.78, 5) is 2.55. The molecule has 2 aromatic rings. The van der Waals surface area contributed by atoms with E-state index in [1.54, 1.807) is 0 Å². The molecular formula is C22H27NO2. The second-order valence-corrected chi connectivity index (χ2v) is 7.17. The Morgan fingerprint density at radius 2 is 1.72 bits per heavy atom. The van der Waals surface area contributed by atoms with Crippen molar-refractivity contribution in [1.29, 1.82) is 0 Å². The Balaban J connectivity index is 1.35. The molecule has 4 rings (SSSR count). The molecule has 3 heteroatoms. The first-order valence-corrected chi connectivity index (χ1v) is 9.39. The summed E-state index contributed by atoms with van der Waals surface area (Å²) >= 11 is 0. The largest absolute Gasteiger partial charge is 0.377 e. The second-order valence-electron chi connectivity index (χ2n) is 7.17. The minimum Gasteiger partial charge on any atom is -0.377 e. The van der Waals surface area contributed by atoms with Gasteiger partial charge in [0.1, 0.15) is 0 Å². The number of hydrogen-bond donors (Lipinski definition) is 0. The van der Waals surface area contributed by atoms with Crippen LogP contribution in [0.2, 0.25) is 0 Å². The lowest BCUT2D eigenvalue weighted by Gasteiger charge is -2.39. The zero-order valence-corrected chi connectivity index (χ0v) is 15.0. The number of nitrogens with zero attached hydrogens (tertiary/aromatic N) is 1. The number of ether oxygens (including phenoxy) is 2. The predicted molar refractivity (Wildman–Crippen MR) is 99.2 cm³/mol. The first-order valence-electron chi connectivity index (χ1n) is 9.39. The fraction of sp³-hybridized carbons (Fsp3) is 0.455. The molecule has 0 atom stereocenters. The van der Waals surface area contributed by atoms with Gasteiger partial charge in [0.05, 0.1) is 18.8 Å². The van der Waals surface area contributed by atoms with Crippen LogP contribution >= 0.6 is 0 Å². The highest BCUT2D eigenvalue weighted by atomic mass is 16.5. The van der Waals surface area contributed by atoms with Gasteiger partial charge >= 0.3 is 0 Å². The van der Waals surface area contributed by atoms with Crippen LogP contribution in [0.3, 0.4) is 0 Å². The third-order valence-electron chi connectivity index (χ3n) is 5.58. The maximum absolute atomic E-state index is 6.26. The Morgan fingerprint density at radius 3 is 2.48 bits per heavy atom. The summed E-state index contributed by atoms with van der Waals surface area (Å²) in [5, 5.41) is 0. The fourth-order valence-corrected chi connectivity index (χ4v) is 4.09. The van der Waals surface area contributed by atoms with Crippen molar-refractivity contribution < 1.29 is 9.47 Å². The topological polar surface area (TPSA) is 21.7 Å². The van der Waals surface area contributed by atoms with Crippen LogP contribution < -0.4 is 0 Å². The highest BCUT2D eigenvalue weighted by molar-refractivity contribution is 5.36. The summed E-state index contributed by atoms with van der Waals surface area (Å²) in [7, 11) is 0. The molecule has 25 heavy (non-hydrogen) atoms. The lowest BCUT2D eigenvalue weighted by molar-refractivity contribution is -0.0799. The molecule has 3 nitrogen and oxygen atoms in total. The third kappa shape index (κ3) is 3.50. The average molecular weight is 337 g/mol. The molecule has 0 saturated carbocycles. The monoisotopic (exact) mass is 337 g/mol. The Hall–Kier alpha value is -1.68. The van der Waals surface area contributed by atoms with E-state index in [2.05, 4.69) is 53.4 Å². The van der Waals surface area contributed by atoms with Gasteiger partial charge in [-0.2, -0.15) is 0 Å². The molecule has 2 aliphatic rings. The Bertz CT molecular complexity index is 702. The molecule has 0 amide bonds. The lowest BCUT2D eigenvalue weighted by atomic mass is 9.84. The second kappa shape index (κ2) is 7.28. The molecule has 0 aliphatic carbocycles. The molecule has 2 aromatic carbocycles. The van der Waals surface area contributed by atoms with Gasteiger partial charge < -0.3 is 9.47 Å². The fourth-order valence-electron chi connectivity index (χ4n) is 4.09. The quantitative estimate of drug-likeness (QED) is 0.814. The van der Waals surface area contributed by atoms with Gasteiger partial charge in [0.15, 0.2) is 0 Å². The number of rotatable bonds is 5. The van der Waals surface area contributed by atoms with Gasteiger partial charge in [-0.05, 0) is 42.0 Å². The minimum atomic E-state index is -0.0333. The van der Waals surface area contributed by atoms with Crippen molar-refractivity contribution in [1.82, 2.24) is 4.90 Å². The zero-order valence-electron chi connectivity index (χ0n) is 15.0. The van der Waals surface area contributed by atoms with E-state index in [9.17, 15) is 0 Å². The molecule has 0 N–H and O–H groups in total. The standard InChI is InChI=1S/C22H27NO2/c1-2-24-16-19-9-7-18(8-10-19)15-23-13-11-22(12-14-23)21-6-4-3-5-20(21)17-25-22/h3-10H,2,11-17H2,1H3. The van der Waals surface area contributed by atoms with Crippen molar-refractivity contribution >= 4 is 0 Å². The van der Waals surface area contributed by atoms with Crippen LogP contribution in [0.4, 0.5) is 0 Å². The van der Waals surface area contributed by atoms with Gasteiger partial charge in [0, 0.05) is 26.2 Å². The molecule has 132 valence electrons. The van der Waals surface area contributed by atoms with Crippen molar-refractivity contribution in [3.05, 3.63) is 70.8 Å². The molecule has 0 aromatic heterocycles. The smallest absolute Gasteiger partial charge is 0.0963 e. The summed E-state index contributed by atoms with van der Waals surface area (Å²) in [6.45, 7) is 7.49. The normalized spacial score (nSPS) is 19.2. The van der Waals surface area contributed by atoms with Crippen molar-refractivity contribution in [3.63, 3.8) is 0 Å². The van der Waals surface area contributed by atoms with E-state index in [4.69, 9.17) is 9.47 Å². The predicted octanol–water partition coefficient (Wildman–Crippen LogP) is 4.24. The number of fused-ring (bicyclic) bond motifs is 2. The van der Waals surface area contributed by atoms with E-state index in [0.717, 1.165) is 45.7 Å². The van der Waals surface area contributed by atoms with E-state index in [0.29, 0.717) is 6.61 Å². The number of likely N-dealkylation sites (tertiary alicyclic amines) is 1. The molecule has 1 saturated heterocycles. The number of piperidine rings is 1. The van der Waals surface area contributed by atoms with E-state index < -0.39 is 0 Å². The van der Waals surface area contributed by atoms with Crippen molar-refractivity contribution in [2.75, 3.05) is 19.7 Å². The molecule has 1 spiro atoms. The zero-order chi connectivity index (χ0) is 17.1. The van der Waals surface area contributed by atoms with Crippen molar-refractivity contribution in [2.45, 2.75) is 45.1 Å². The minimum absolute atomic E-state index is 0.0333. The summed E-state index contributed by atoms with van der Waals surface area (Å²) in [6.07, 6.45) is 2.18. The molecule has 1 fully saturated rings. The van der Waals surface area contributed by atoms with Gasteiger partial charge in [-0.25, -0.2) is 0 Å². The molecule has 0 radical (unpaired) electrons. The maximum Gasteiger partial charge on any atom is 0.0963 e. The van der Waals surface area contributed by atoms with Gasteiger partial charge in [-0.1, -0.05) is 48.5 Å². The molecular weight excluding hydrogens is 310 g/mol. The summed E-state index contributed by atoms with van der Waals surface area (Å²) in [5.74, 6) is 0. The van der Waals surface area contributed by atoms with Gasteiger partial charge in [-0.15, -0.1) is 0 Å². The lowest BCUT2D eigenvalue weighted by Crippen LogP contribution is -2.42. The van der Waals surface area contributed by atoms with Crippen molar-refractivity contribution in [2.24, 2.45) is 0 Å². The average Bonchev–Trinajstić information content (AvgIpc) is 3.02. The highest BCUT2D eigenvalue weighted by Crippen LogP contribution is 2.44. The number of benzene rings is 2. The molecule has 0 unspecified atom stereocenters. The molecule has 2 aliphatic heterocycles. The van der Waals surface area contributed by atoms with Crippen LogP contribution in [0.5, 0.6) is 0 Å². The van der Waals surface area contributed by atoms with Gasteiger partial charge in [-0.3, -0.25) is 4.90 Å². The van der Waals surface area contributed by atoms with Crippen LogP contribution in [0.15, 0.2) is 48.5 Å². The first kappa shape index (κ1) is 16.8. The third-order valence-corrected chi connectivity index (χ3v) is 5.58. The van der Waals surface area contributed by atoms with Gasteiger partial charge in [0.2, 0.25) is 0 Å². The first-order chi connectivity index (χ1) is 12.3. The van der Waals surface area contributed by atoms with Crippen LogP contribution in [0.1, 0.15) is 42.0 Å².